The second-order valence-corrected chi connectivity index (χ2v) is 6.97. The number of benzene rings is 2. The summed E-state index contributed by atoms with van der Waals surface area (Å²) in [6.07, 6.45) is 1.43. The minimum atomic E-state index is -0.480. The van der Waals surface area contributed by atoms with Crippen molar-refractivity contribution in [2.24, 2.45) is 0 Å². The van der Waals surface area contributed by atoms with Gasteiger partial charge in [-0.05, 0) is 36.6 Å². The van der Waals surface area contributed by atoms with E-state index in [1.165, 1.54) is 19.2 Å². The van der Waals surface area contributed by atoms with Crippen molar-refractivity contribution in [2.45, 2.75) is 25.4 Å². The van der Waals surface area contributed by atoms with E-state index in [9.17, 15) is 14.7 Å². The minimum absolute atomic E-state index is 0.108. The number of methoxy groups -OCH3 is 2. The lowest BCUT2D eigenvalue weighted by Crippen LogP contribution is -2.44. The summed E-state index contributed by atoms with van der Waals surface area (Å²) in [4.78, 5) is 29.7. The molecule has 1 atom stereocenters. The monoisotopic (exact) mass is 382 g/mol. The molecule has 1 saturated heterocycles. The first-order valence-corrected chi connectivity index (χ1v) is 9.19. The number of carbonyl (C=O) groups is 2. The number of phenols is 1. The topological polar surface area (TPSA) is 79.3 Å². The fourth-order valence-corrected chi connectivity index (χ4v) is 3.91. The molecular weight excluding hydrogens is 360 g/mol. The highest BCUT2D eigenvalue weighted by Gasteiger charge is 2.42. The van der Waals surface area contributed by atoms with Crippen molar-refractivity contribution in [2.75, 3.05) is 25.7 Å². The number of carbonyl (C=O) groups excluding carboxylic acids is 2. The second-order valence-electron chi connectivity index (χ2n) is 6.97. The first-order chi connectivity index (χ1) is 13.5. The quantitative estimate of drug-likeness (QED) is 0.879. The minimum Gasteiger partial charge on any atom is -0.504 e. The predicted molar refractivity (Wildman–Crippen MR) is 103 cm³/mol. The molecular formula is C21H22N2O5. The average Bonchev–Trinajstić information content (AvgIpc) is 3.18. The standard InChI is InChI=1S/C21H22N2O5/c1-27-14-7-5-13(6-8-14)12-23-17-11-18(24)19(28-2)10-15(17)20(25)22-9-3-4-16(22)21(23)26/h5-8,10-11,16,24H,3-4,9,12H2,1-2H3/t16-/m0/s1. The normalized spacial score (nSPS) is 18.6. The molecule has 0 radical (unpaired) electrons. The van der Waals surface area contributed by atoms with Gasteiger partial charge >= 0.3 is 0 Å². The van der Waals surface area contributed by atoms with Gasteiger partial charge in [-0.25, -0.2) is 0 Å². The maximum absolute atomic E-state index is 13.3. The van der Waals surface area contributed by atoms with Gasteiger partial charge in [-0.2, -0.15) is 0 Å². The van der Waals surface area contributed by atoms with Crippen LogP contribution in [0.15, 0.2) is 36.4 Å². The second kappa shape index (κ2) is 7.07. The van der Waals surface area contributed by atoms with Crippen molar-refractivity contribution in [3.05, 3.63) is 47.5 Å². The summed E-state index contributed by atoms with van der Waals surface area (Å²) in [5.41, 5.74) is 1.66. The number of hydrogen-bond acceptors (Lipinski definition) is 5. The van der Waals surface area contributed by atoms with Crippen LogP contribution in [-0.4, -0.2) is 48.6 Å². The number of amides is 2. The Hall–Kier alpha value is -3.22. The molecule has 2 amide bonds. The maximum Gasteiger partial charge on any atom is 0.256 e. The van der Waals surface area contributed by atoms with Gasteiger partial charge < -0.3 is 24.4 Å². The first-order valence-electron chi connectivity index (χ1n) is 9.19. The van der Waals surface area contributed by atoms with Crippen LogP contribution >= 0.6 is 0 Å². The van der Waals surface area contributed by atoms with Gasteiger partial charge in [0.25, 0.3) is 5.91 Å². The van der Waals surface area contributed by atoms with Crippen LogP contribution in [0.2, 0.25) is 0 Å². The highest BCUT2D eigenvalue weighted by Crippen LogP contribution is 2.39. The maximum atomic E-state index is 13.3. The molecule has 0 bridgehead atoms. The number of fused-ring (bicyclic) bond motifs is 2. The third-order valence-electron chi connectivity index (χ3n) is 5.38. The van der Waals surface area contributed by atoms with Gasteiger partial charge in [-0.1, -0.05) is 12.1 Å². The van der Waals surface area contributed by atoms with E-state index in [-0.39, 0.29) is 23.3 Å². The van der Waals surface area contributed by atoms with Gasteiger partial charge in [0.15, 0.2) is 11.5 Å². The van der Waals surface area contributed by atoms with Crippen molar-refractivity contribution < 1.29 is 24.2 Å². The van der Waals surface area contributed by atoms with Crippen LogP contribution in [0, 0.1) is 0 Å². The molecule has 7 heteroatoms. The molecule has 1 N–H and O–H groups in total. The number of phenolic OH excluding ortho intramolecular Hbond substituents is 1. The van der Waals surface area contributed by atoms with Crippen LogP contribution in [0.5, 0.6) is 17.2 Å². The summed E-state index contributed by atoms with van der Waals surface area (Å²) in [7, 11) is 3.03. The Labute approximate surface area is 163 Å². The lowest BCUT2D eigenvalue weighted by molar-refractivity contribution is -0.122. The van der Waals surface area contributed by atoms with E-state index < -0.39 is 6.04 Å². The van der Waals surface area contributed by atoms with E-state index >= 15 is 0 Å². The molecule has 2 aromatic carbocycles. The zero-order valence-corrected chi connectivity index (χ0v) is 15.8. The molecule has 0 aliphatic carbocycles. The lowest BCUT2D eigenvalue weighted by atomic mass is 10.1. The Morgan fingerprint density at radius 1 is 1.11 bits per heavy atom. The van der Waals surface area contributed by atoms with E-state index in [0.29, 0.717) is 30.8 Å². The van der Waals surface area contributed by atoms with Gasteiger partial charge in [-0.3, -0.25) is 9.59 Å². The summed E-state index contributed by atoms with van der Waals surface area (Å²) in [5, 5.41) is 10.3. The van der Waals surface area contributed by atoms with Crippen molar-refractivity contribution >= 4 is 17.5 Å². The Kier molecular flexibility index (Phi) is 4.58. The van der Waals surface area contributed by atoms with E-state index in [4.69, 9.17) is 9.47 Å². The van der Waals surface area contributed by atoms with Crippen molar-refractivity contribution in [3.8, 4) is 17.2 Å². The zero-order valence-electron chi connectivity index (χ0n) is 15.8. The number of rotatable bonds is 4. The molecule has 4 rings (SSSR count). The largest absolute Gasteiger partial charge is 0.504 e. The molecule has 0 unspecified atom stereocenters. The van der Waals surface area contributed by atoms with Gasteiger partial charge in [0.2, 0.25) is 5.91 Å². The summed E-state index contributed by atoms with van der Waals surface area (Å²) >= 11 is 0. The fourth-order valence-electron chi connectivity index (χ4n) is 3.91. The van der Waals surface area contributed by atoms with Crippen LogP contribution in [0.25, 0.3) is 0 Å². The third kappa shape index (κ3) is 2.93. The third-order valence-corrected chi connectivity index (χ3v) is 5.38. The summed E-state index contributed by atoms with van der Waals surface area (Å²) in [6.45, 7) is 0.841. The van der Waals surface area contributed by atoms with Gasteiger partial charge in [0.05, 0.1) is 32.0 Å². The van der Waals surface area contributed by atoms with Crippen molar-refractivity contribution in [3.63, 3.8) is 0 Å². The molecule has 2 heterocycles. The molecule has 28 heavy (non-hydrogen) atoms. The Morgan fingerprint density at radius 2 is 1.86 bits per heavy atom. The molecule has 7 nitrogen and oxygen atoms in total. The Balaban J connectivity index is 1.81. The van der Waals surface area contributed by atoms with E-state index in [0.717, 1.165) is 17.7 Å². The molecule has 146 valence electrons. The van der Waals surface area contributed by atoms with Crippen LogP contribution in [-0.2, 0) is 11.3 Å². The summed E-state index contributed by atoms with van der Waals surface area (Å²) in [6, 6.07) is 9.90. The zero-order chi connectivity index (χ0) is 19.8. The molecule has 1 fully saturated rings. The fraction of sp³-hybridized carbons (Fsp3) is 0.333. The Morgan fingerprint density at radius 3 is 2.54 bits per heavy atom. The first kappa shape index (κ1) is 18.2. The van der Waals surface area contributed by atoms with Crippen molar-refractivity contribution in [1.29, 1.82) is 0 Å². The number of aromatic hydroxyl groups is 1. The molecule has 2 aliphatic rings. The lowest BCUT2D eigenvalue weighted by Gasteiger charge is -2.26. The van der Waals surface area contributed by atoms with Crippen LogP contribution < -0.4 is 14.4 Å². The highest BCUT2D eigenvalue weighted by molar-refractivity contribution is 6.11. The molecule has 2 aromatic rings. The SMILES string of the molecule is COc1ccc(CN2C(=O)[C@@H]3CCCN3C(=O)c3cc(OC)c(O)cc32)cc1. The van der Waals surface area contributed by atoms with Crippen LogP contribution in [0.1, 0.15) is 28.8 Å². The predicted octanol–water partition coefficient (Wildman–Crippen LogP) is 2.56. The summed E-state index contributed by atoms with van der Waals surface area (Å²) < 4.78 is 10.4. The summed E-state index contributed by atoms with van der Waals surface area (Å²) in [5.74, 6) is 0.488. The highest BCUT2D eigenvalue weighted by atomic mass is 16.5. The number of ether oxygens (including phenoxy) is 2. The van der Waals surface area contributed by atoms with E-state index in [1.54, 1.807) is 16.9 Å². The average molecular weight is 382 g/mol. The van der Waals surface area contributed by atoms with Gasteiger partial charge in [0.1, 0.15) is 11.8 Å². The Bertz CT molecular complexity index is 925. The van der Waals surface area contributed by atoms with Gasteiger partial charge in [0, 0.05) is 12.6 Å². The van der Waals surface area contributed by atoms with E-state index in [1.807, 2.05) is 24.3 Å². The molecule has 2 aliphatic heterocycles. The van der Waals surface area contributed by atoms with Crippen LogP contribution in [0.3, 0.4) is 0 Å². The number of nitrogens with zero attached hydrogens (tertiary/aromatic N) is 2. The number of anilines is 1. The smallest absolute Gasteiger partial charge is 0.256 e. The molecule has 0 spiro atoms. The molecule has 0 aromatic heterocycles. The molecule has 0 saturated carbocycles. The van der Waals surface area contributed by atoms with Crippen molar-refractivity contribution in [1.82, 2.24) is 4.90 Å². The van der Waals surface area contributed by atoms with Gasteiger partial charge in [-0.15, -0.1) is 0 Å². The van der Waals surface area contributed by atoms with Crippen LogP contribution in [0.4, 0.5) is 5.69 Å². The number of hydrogen-bond donors (Lipinski definition) is 1. The van der Waals surface area contributed by atoms with E-state index in [2.05, 4.69) is 0 Å².